The van der Waals surface area contributed by atoms with Gasteiger partial charge in [0.1, 0.15) is 0 Å². The molecule has 0 saturated heterocycles. The first-order valence-corrected chi connectivity index (χ1v) is 8.60. The lowest BCUT2D eigenvalue weighted by molar-refractivity contribution is -0.603. The molecule has 3 aromatic rings. The van der Waals surface area contributed by atoms with Gasteiger partial charge < -0.3 is 23.5 Å². The number of nitrogen functional groups attached to an aromatic ring is 1. The van der Waals surface area contributed by atoms with E-state index >= 15 is 0 Å². The molecule has 0 aliphatic heterocycles. The van der Waals surface area contributed by atoms with E-state index in [-0.39, 0.29) is 12.4 Å². The number of hydrogen-bond donors (Lipinski definition) is 2. The molecule has 1 aliphatic rings. The van der Waals surface area contributed by atoms with E-state index in [0.717, 1.165) is 22.4 Å². The van der Waals surface area contributed by atoms with Gasteiger partial charge in [-0.15, -0.1) is 0 Å². The van der Waals surface area contributed by atoms with Crippen LogP contribution in [0.3, 0.4) is 0 Å². The lowest BCUT2D eigenvalue weighted by Gasteiger charge is -2.22. The average Bonchev–Trinajstić information content (AvgIpc) is 2.63. The van der Waals surface area contributed by atoms with Crippen molar-refractivity contribution in [1.82, 2.24) is 9.97 Å². The molecule has 1 fully saturated rings. The summed E-state index contributed by atoms with van der Waals surface area (Å²) in [6.45, 7) is 0. The average molecular weight is 356 g/mol. The van der Waals surface area contributed by atoms with Crippen LogP contribution >= 0.6 is 0 Å². The van der Waals surface area contributed by atoms with Crippen LogP contribution in [0.1, 0.15) is 32.1 Å². The predicted octanol–water partition coefficient (Wildman–Crippen LogP) is 0.237. The first kappa shape index (κ1) is 17.4. The summed E-state index contributed by atoms with van der Waals surface area (Å²) in [5.41, 5.74) is 7.46. The maximum Gasteiger partial charge on any atom is 0.439 e. The number of pyridine rings is 1. The maximum absolute atomic E-state index is 5.78. The third kappa shape index (κ3) is 3.82. The number of rotatable bonds is 3. The molecule has 0 spiro atoms. The molecule has 6 heteroatoms. The minimum absolute atomic E-state index is 0. The lowest BCUT2D eigenvalue weighted by Crippen LogP contribution is -3.00. The molecule has 0 bridgehead atoms. The standard InChI is InChI=1S/C19H21N5.ClH/c20-14-10-12-24(13-11-14)19-22-17-9-5-4-8-16(17)18(23-19)21-15-6-2-1-3-7-15;/h4-5,8-13,15,20H,1-3,6-7H2,(H,21,22,23);1H. The van der Waals surface area contributed by atoms with E-state index in [1.807, 2.05) is 47.3 Å². The van der Waals surface area contributed by atoms with Gasteiger partial charge in [0.05, 0.1) is 17.8 Å². The Labute approximate surface area is 153 Å². The van der Waals surface area contributed by atoms with Crippen LogP contribution in [-0.4, -0.2) is 16.0 Å². The molecule has 1 aromatic carbocycles. The Bertz CT molecular complexity index is 844. The van der Waals surface area contributed by atoms with E-state index in [9.17, 15) is 0 Å². The Hall–Kier alpha value is -2.40. The van der Waals surface area contributed by atoms with Gasteiger partial charge in [0.25, 0.3) is 0 Å². The van der Waals surface area contributed by atoms with Crippen molar-refractivity contribution in [3.05, 3.63) is 48.8 Å². The molecule has 1 aliphatic carbocycles. The topological polar surface area (TPSA) is 67.7 Å². The number of nitrogens with one attached hydrogen (secondary N) is 1. The second-order valence-electron chi connectivity index (χ2n) is 6.41. The van der Waals surface area contributed by atoms with Crippen LogP contribution < -0.4 is 28.0 Å². The largest absolute Gasteiger partial charge is 1.00 e. The van der Waals surface area contributed by atoms with Gasteiger partial charge in [-0.05, 0) is 42.1 Å². The van der Waals surface area contributed by atoms with Crippen molar-refractivity contribution in [1.29, 1.82) is 0 Å². The number of nitrogens with two attached hydrogens (primary N) is 1. The van der Waals surface area contributed by atoms with Gasteiger partial charge in [-0.1, -0.05) is 36.4 Å². The lowest BCUT2D eigenvalue weighted by atomic mass is 9.95. The van der Waals surface area contributed by atoms with Crippen LogP contribution in [0.25, 0.3) is 16.9 Å². The predicted molar refractivity (Wildman–Crippen MR) is 96.0 cm³/mol. The number of nitrogens with zero attached hydrogens (tertiary/aromatic N) is 3. The number of hydrogen-bond acceptors (Lipinski definition) is 4. The van der Waals surface area contributed by atoms with E-state index in [1.165, 1.54) is 32.1 Å². The molecule has 3 N–H and O–H groups in total. The van der Waals surface area contributed by atoms with Gasteiger partial charge in [-0.25, -0.2) is 4.57 Å². The molecule has 0 atom stereocenters. The second kappa shape index (κ2) is 7.66. The van der Waals surface area contributed by atoms with E-state index < -0.39 is 0 Å². The molecule has 0 unspecified atom stereocenters. The zero-order valence-electron chi connectivity index (χ0n) is 14.0. The van der Waals surface area contributed by atoms with E-state index in [0.29, 0.717) is 12.0 Å². The Morgan fingerprint density at radius 1 is 0.960 bits per heavy atom. The third-order valence-corrected chi connectivity index (χ3v) is 4.62. The summed E-state index contributed by atoms with van der Waals surface area (Å²) >= 11 is 0. The smallest absolute Gasteiger partial charge is 0.439 e. The second-order valence-corrected chi connectivity index (χ2v) is 6.41. The van der Waals surface area contributed by atoms with Crippen LogP contribution in [-0.2, 0) is 0 Å². The van der Waals surface area contributed by atoms with Crippen LogP contribution in [0.5, 0.6) is 0 Å². The number of fused-ring (bicyclic) bond motifs is 1. The Morgan fingerprint density at radius 2 is 1.68 bits per heavy atom. The number of benzene rings is 1. The SMILES string of the molecule is Nc1cc[n+](-c2nc(NC3CCCCC3)c3ccccc3n2)cc1.[Cl-]. The number of aromatic nitrogens is 3. The molecule has 1 saturated carbocycles. The number of halogens is 1. The van der Waals surface area contributed by atoms with Crippen LogP contribution in [0, 0.1) is 0 Å². The molecule has 25 heavy (non-hydrogen) atoms. The van der Waals surface area contributed by atoms with Crippen molar-refractivity contribution in [2.75, 3.05) is 11.1 Å². The summed E-state index contributed by atoms with van der Waals surface area (Å²) < 4.78 is 1.90. The van der Waals surface area contributed by atoms with Crippen molar-refractivity contribution in [3.8, 4) is 5.95 Å². The highest BCUT2D eigenvalue weighted by molar-refractivity contribution is 5.89. The fraction of sp³-hybridized carbons (Fsp3) is 0.316. The molecule has 2 heterocycles. The summed E-state index contributed by atoms with van der Waals surface area (Å²) in [4.78, 5) is 9.49. The highest BCUT2D eigenvalue weighted by Crippen LogP contribution is 2.25. The summed E-state index contributed by atoms with van der Waals surface area (Å²) in [6, 6.07) is 12.4. The van der Waals surface area contributed by atoms with Crippen LogP contribution in [0.15, 0.2) is 48.8 Å². The Balaban J connectivity index is 0.00000182. The summed E-state index contributed by atoms with van der Waals surface area (Å²) in [7, 11) is 0. The molecule has 2 aromatic heterocycles. The molecule has 0 amide bonds. The zero-order valence-corrected chi connectivity index (χ0v) is 14.8. The minimum atomic E-state index is 0. The fourth-order valence-corrected chi connectivity index (χ4v) is 3.30. The van der Waals surface area contributed by atoms with Crippen LogP contribution in [0.2, 0.25) is 0 Å². The van der Waals surface area contributed by atoms with E-state index in [4.69, 9.17) is 15.7 Å². The number of anilines is 2. The normalized spacial score (nSPS) is 14.9. The Kier molecular flexibility index (Phi) is 5.34. The molecule has 4 rings (SSSR count). The summed E-state index contributed by atoms with van der Waals surface area (Å²) in [5, 5.41) is 4.73. The van der Waals surface area contributed by atoms with Gasteiger partial charge in [0, 0.05) is 11.7 Å². The number of para-hydroxylation sites is 1. The van der Waals surface area contributed by atoms with Crippen molar-refractivity contribution < 1.29 is 17.0 Å². The zero-order chi connectivity index (χ0) is 16.4. The fourth-order valence-electron chi connectivity index (χ4n) is 3.30. The van der Waals surface area contributed by atoms with Gasteiger partial charge in [-0.3, -0.25) is 0 Å². The highest BCUT2D eigenvalue weighted by atomic mass is 35.5. The van der Waals surface area contributed by atoms with E-state index in [1.54, 1.807) is 0 Å². The molecule has 5 nitrogen and oxygen atoms in total. The maximum atomic E-state index is 5.78. The third-order valence-electron chi connectivity index (χ3n) is 4.62. The van der Waals surface area contributed by atoms with Crippen LogP contribution in [0.4, 0.5) is 11.5 Å². The first-order chi connectivity index (χ1) is 11.8. The molecule has 130 valence electrons. The monoisotopic (exact) mass is 355 g/mol. The van der Waals surface area contributed by atoms with Gasteiger partial charge >= 0.3 is 5.95 Å². The summed E-state index contributed by atoms with van der Waals surface area (Å²) in [6.07, 6.45) is 10.1. The van der Waals surface area contributed by atoms with Gasteiger partial charge in [-0.2, -0.15) is 0 Å². The molecular weight excluding hydrogens is 334 g/mol. The van der Waals surface area contributed by atoms with E-state index in [2.05, 4.69) is 11.4 Å². The minimum Gasteiger partial charge on any atom is -1.00 e. The molecular formula is C19H22ClN5. The van der Waals surface area contributed by atoms with Gasteiger partial charge in [0.15, 0.2) is 5.52 Å². The van der Waals surface area contributed by atoms with Crippen molar-refractivity contribution in [2.24, 2.45) is 0 Å². The van der Waals surface area contributed by atoms with Crippen molar-refractivity contribution in [2.45, 2.75) is 38.1 Å². The molecule has 0 radical (unpaired) electrons. The highest BCUT2D eigenvalue weighted by Gasteiger charge is 2.21. The summed E-state index contributed by atoms with van der Waals surface area (Å²) in [5.74, 6) is 1.58. The first-order valence-electron chi connectivity index (χ1n) is 8.60. The van der Waals surface area contributed by atoms with Gasteiger partial charge in [0.2, 0.25) is 5.82 Å². The van der Waals surface area contributed by atoms with Crippen molar-refractivity contribution in [3.63, 3.8) is 0 Å². The quantitative estimate of drug-likeness (QED) is 0.660. The van der Waals surface area contributed by atoms with Crippen molar-refractivity contribution >= 4 is 22.4 Å². The Morgan fingerprint density at radius 3 is 2.44 bits per heavy atom.